The van der Waals surface area contributed by atoms with Gasteiger partial charge in [-0.05, 0) is 43.7 Å². The molecule has 4 N–H and O–H groups in total. The normalized spacial score (nSPS) is 10.8. The van der Waals surface area contributed by atoms with Crippen LogP contribution in [0.4, 0.5) is 14.9 Å². The number of nitrogens with two attached hydrogens (primary N) is 1. The molecule has 0 aliphatic rings. The first kappa shape index (κ1) is 16.5. The largest absolute Gasteiger partial charge is 0.494 e. The summed E-state index contributed by atoms with van der Waals surface area (Å²) in [6.45, 7) is 3.53. The van der Waals surface area contributed by atoms with Crippen molar-refractivity contribution in [2.45, 2.75) is 13.8 Å². The van der Waals surface area contributed by atoms with Gasteiger partial charge in [-0.3, -0.25) is 4.79 Å². The fraction of sp³-hybridized carbons (Fsp3) is 0.111. The molecule has 1 heterocycles. The van der Waals surface area contributed by atoms with Gasteiger partial charge in [-0.1, -0.05) is 17.7 Å². The van der Waals surface area contributed by atoms with Crippen LogP contribution in [0.15, 0.2) is 36.4 Å². The Labute approximate surface area is 142 Å². The van der Waals surface area contributed by atoms with Crippen LogP contribution in [0.2, 0.25) is 0 Å². The van der Waals surface area contributed by atoms with Crippen molar-refractivity contribution in [3.05, 3.63) is 58.9 Å². The van der Waals surface area contributed by atoms with Crippen LogP contribution < -0.4 is 11.1 Å². The summed E-state index contributed by atoms with van der Waals surface area (Å²) in [4.78, 5) is 24.3. The van der Waals surface area contributed by atoms with Gasteiger partial charge < -0.3 is 16.2 Å². The molecule has 0 saturated carbocycles. The summed E-state index contributed by atoms with van der Waals surface area (Å²) < 4.78 is 14.8. The molecule has 1 aromatic heterocycles. The van der Waals surface area contributed by atoms with Gasteiger partial charge in [-0.15, -0.1) is 0 Å². The summed E-state index contributed by atoms with van der Waals surface area (Å²) in [5, 5.41) is 13.1. The Balaban J connectivity index is 2.14. The summed E-state index contributed by atoms with van der Waals surface area (Å²) in [5.74, 6) is -1.92. The summed E-state index contributed by atoms with van der Waals surface area (Å²) in [6.07, 6.45) is 0. The number of primary amides is 1. The summed E-state index contributed by atoms with van der Waals surface area (Å²) in [5.41, 5.74) is 6.96. The predicted molar refractivity (Wildman–Crippen MR) is 92.4 cm³/mol. The van der Waals surface area contributed by atoms with Crippen molar-refractivity contribution >= 4 is 28.5 Å². The van der Waals surface area contributed by atoms with Gasteiger partial charge >= 0.3 is 6.03 Å². The minimum absolute atomic E-state index is 0.0253. The number of hydrogen-bond donors (Lipinski definition) is 3. The van der Waals surface area contributed by atoms with Crippen LogP contribution >= 0.6 is 0 Å². The highest BCUT2D eigenvalue weighted by Gasteiger charge is 2.25. The first-order chi connectivity index (χ1) is 11.8. The van der Waals surface area contributed by atoms with E-state index >= 15 is 0 Å². The van der Waals surface area contributed by atoms with Gasteiger partial charge in [0, 0.05) is 5.39 Å². The van der Waals surface area contributed by atoms with Gasteiger partial charge in [0.05, 0.1) is 11.2 Å². The van der Waals surface area contributed by atoms with Crippen LogP contribution in [-0.4, -0.2) is 21.6 Å². The fourth-order valence-electron chi connectivity index (χ4n) is 2.74. The van der Waals surface area contributed by atoms with Crippen molar-refractivity contribution in [2.24, 2.45) is 5.73 Å². The number of aromatic nitrogens is 1. The quantitative estimate of drug-likeness (QED) is 0.667. The average molecular weight is 341 g/mol. The van der Waals surface area contributed by atoms with Crippen LogP contribution in [0.5, 0.6) is 5.88 Å². The number of nitrogens with one attached hydrogen (secondary N) is 1. The minimum Gasteiger partial charge on any atom is -0.494 e. The number of fused-ring (bicyclic) bond motifs is 1. The number of carbonyl (C=O) groups excluding carboxylic acids is 2. The number of benzene rings is 2. The third kappa shape index (κ3) is 2.80. The molecule has 0 atom stereocenters. The molecule has 0 fully saturated rings. The lowest BCUT2D eigenvalue weighted by Gasteiger charge is -2.07. The molecule has 2 aromatic carbocycles. The average Bonchev–Trinajstić information content (AvgIpc) is 2.81. The van der Waals surface area contributed by atoms with E-state index in [0.29, 0.717) is 16.5 Å². The summed E-state index contributed by atoms with van der Waals surface area (Å²) in [6, 6.07) is 8.39. The van der Waals surface area contributed by atoms with Gasteiger partial charge in [-0.25, -0.2) is 13.8 Å². The van der Waals surface area contributed by atoms with E-state index in [4.69, 9.17) is 5.73 Å². The third-order valence-corrected chi connectivity index (χ3v) is 3.92. The van der Waals surface area contributed by atoms with Crippen molar-refractivity contribution in [1.29, 1.82) is 0 Å². The number of anilines is 1. The third-order valence-electron chi connectivity index (χ3n) is 3.92. The molecular formula is C18H16FN3O3. The topological polar surface area (TPSA) is 97.3 Å². The highest BCUT2D eigenvalue weighted by atomic mass is 19.1. The van der Waals surface area contributed by atoms with Crippen molar-refractivity contribution in [2.75, 3.05) is 5.32 Å². The predicted octanol–water partition coefficient (Wildman–Crippen LogP) is 3.28. The maximum Gasteiger partial charge on any atom is 0.326 e. The second-order valence-electron chi connectivity index (χ2n) is 5.83. The van der Waals surface area contributed by atoms with E-state index < -0.39 is 23.6 Å². The Morgan fingerprint density at radius 3 is 2.40 bits per heavy atom. The summed E-state index contributed by atoms with van der Waals surface area (Å²) >= 11 is 0. The Bertz CT molecular complexity index is 1020. The molecule has 3 aromatic rings. The molecule has 3 rings (SSSR count). The number of hydrogen-bond acceptors (Lipinski definition) is 3. The van der Waals surface area contributed by atoms with E-state index in [2.05, 4.69) is 5.32 Å². The Morgan fingerprint density at radius 2 is 1.76 bits per heavy atom. The Hall–Kier alpha value is -3.35. The first-order valence-electron chi connectivity index (χ1n) is 7.51. The van der Waals surface area contributed by atoms with Crippen LogP contribution in [0, 0.1) is 19.7 Å². The second-order valence-corrected chi connectivity index (χ2v) is 5.83. The van der Waals surface area contributed by atoms with Crippen molar-refractivity contribution in [1.82, 2.24) is 4.57 Å². The first-order valence-corrected chi connectivity index (χ1v) is 7.51. The van der Waals surface area contributed by atoms with Gasteiger partial charge in [0.15, 0.2) is 0 Å². The van der Waals surface area contributed by atoms with E-state index in [1.165, 1.54) is 12.1 Å². The Morgan fingerprint density at radius 1 is 1.12 bits per heavy atom. The molecule has 0 bridgehead atoms. The standard InChI is InChI=1S/C18H16FN3O3/c1-9-4-6-14-11(7-9)15(17(24)22(14)18(20)25)16(23)21-13-5-3-10(2)8-12(13)19/h3-8,24H,1-2H3,(H2,20,25)(H,21,23). The smallest absolute Gasteiger partial charge is 0.326 e. The molecule has 0 spiro atoms. The van der Waals surface area contributed by atoms with Crippen molar-refractivity contribution in [3.8, 4) is 5.88 Å². The second kappa shape index (κ2) is 5.94. The maximum absolute atomic E-state index is 14.0. The number of rotatable bonds is 2. The van der Waals surface area contributed by atoms with Gasteiger partial charge in [0.1, 0.15) is 11.4 Å². The van der Waals surface area contributed by atoms with Crippen LogP contribution in [0.25, 0.3) is 10.9 Å². The number of aryl methyl sites for hydroxylation is 2. The molecule has 25 heavy (non-hydrogen) atoms. The molecule has 0 saturated heterocycles. The molecule has 2 amide bonds. The van der Waals surface area contributed by atoms with Crippen LogP contribution in [-0.2, 0) is 0 Å². The van der Waals surface area contributed by atoms with Gasteiger partial charge in [0.25, 0.3) is 5.91 Å². The number of amides is 2. The molecule has 0 radical (unpaired) electrons. The van der Waals surface area contributed by atoms with E-state index in [0.717, 1.165) is 10.1 Å². The highest BCUT2D eigenvalue weighted by Crippen LogP contribution is 2.32. The number of aromatic hydroxyl groups is 1. The fourth-order valence-corrected chi connectivity index (χ4v) is 2.74. The van der Waals surface area contributed by atoms with E-state index in [-0.39, 0.29) is 11.3 Å². The van der Waals surface area contributed by atoms with Crippen molar-refractivity contribution in [3.63, 3.8) is 0 Å². The molecule has 0 unspecified atom stereocenters. The van der Waals surface area contributed by atoms with Gasteiger partial charge in [0.2, 0.25) is 5.88 Å². The highest BCUT2D eigenvalue weighted by molar-refractivity contribution is 6.16. The van der Waals surface area contributed by atoms with Crippen LogP contribution in [0.1, 0.15) is 21.5 Å². The molecule has 6 nitrogen and oxygen atoms in total. The van der Waals surface area contributed by atoms with Crippen LogP contribution in [0.3, 0.4) is 0 Å². The van der Waals surface area contributed by atoms with Crippen molar-refractivity contribution < 1.29 is 19.1 Å². The summed E-state index contributed by atoms with van der Waals surface area (Å²) in [7, 11) is 0. The zero-order valence-electron chi connectivity index (χ0n) is 13.6. The molecule has 0 aliphatic carbocycles. The van der Waals surface area contributed by atoms with Gasteiger partial charge in [-0.2, -0.15) is 0 Å². The zero-order valence-corrected chi connectivity index (χ0v) is 13.6. The Kier molecular flexibility index (Phi) is 3.92. The van der Waals surface area contributed by atoms with E-state index in [9.17, 15) is 19.1 Å². The zero-order chi connectivity index (χ0) is 18.3. The SMILES string of the molecule is Cc1ccc(NC(=O)c2c(O)n(C(N)=O)c3ccc(C)cc23)c(F)c1. The number of halogens is 1. The molecular weight excluding hydrogens is 325 g/mol. The molecule has 7 heteroatoms. The molecule has 0 aliphatic heterocycles. The number of carbonyl (C=O) groups is 2. The van der Waals surface area contributed by atoms with E-state index in [1.54, 1.807) is 38.1 Å². The molecule has 128 valence electrons. The minimum atomic E-state index is -0.924. The monoisotopic (exact) mass is 341 g/mol. The maximum atomic E-state index is 14.0. The number of nitrogens with zero attached hydrogens (tertiary/aromatic N) is 1. The lowest BCUT2D eigenvalue weighted by molar-refractivity contribution is 0.102. The lowest BCUT2D eigenvalue weighted by Crippen LogP contribution is -2.19. The lowest BCUT2D eigenvalue weighted by atomic mass is 10.1. The van der Waals surface area contributed by atoms with E-state index in [1.807, 2.05) is 0 Å².